The average molecular weight is 192 g/mol. The van der Waals surface area contributed by atoms with Crippen LogP contribution in [0.2, 0.25) is 0 Å². The van der Waals surface area contributed by atoms with Crippen LogP contribution >= 0.6 is 12.4 Å². The lowest BCUT2D eigenvalue weighted by Crippen LogP contribution is -2.31. The molecular weight excluding hydrogens is 174 g/mol. The minimum absolute atomic E-state index is 0. The van der Waals surface area contributed by atoms with Crippen LogP contribution in [-0.2, 0) is 4.74 Å². The summed E-state index contributed by atoms with van der Waals surface area (Å²) in [5.74, 6) is 0. The van der Waals surface area contributed by atoms with E-state index in [9.17, 15) is 0 Å². The van der Waals surface area contributed by atoms with Crippen molar-refractivity contribution >= 4 is 12.4 Å². The van der Waals surface area contributed by atoms with Gasteiger partial charge in [0.2, 0.25) is 0 Å². The van der Waals surface area contributed by atoms with Gasteiger partial charge in [-0.05, 0) is 19.8 Å². The van der Waals surface area contributed by atoms with Gasteiger partial charge in [0.15, 0.2) is 0 Å². The van der Waals surface area contributed by atoms with Crippen molar-refractivity contribution in [2.45, 2.75) is 26.2 Å². The van der Waals surface area contributed by atoms with E-state index in [2.05, 4.69) is 4.90 Å². The molecule has 3 heteroatoms. The van der Waals surface area contributed by atoms with Crippen LogP contribution in [0.1, 0.15) is 26.2 Å². The third-order valence-electron chi connectivity index (χ3n) is 1.94. The Morgan fingerprint density at radius 2 is 1.92 bits per heavy atom. The minimum atomic E-state index is 0. The smallest absolute Gasteiger partial charge is 0.141 e. The van der Waals surface area contributed by atoms with E-state index >= 15 is 0 Å². The van der Waals surface area contributed by atoms with Crippen LogP contribution in [0, 0.1) is 0 Å². The molecule has 1 fully saturated rings. The molecule has 0 aliphatic carbocycles. The molecule has 0 saturated carbocycles. The monoisotopic (exact) mass is 191 g/mol. The van der Waals surface area contributed by atoms with Crippen molar-refractivity contribution in [1.82, 2.24) is 4.90 Å². The number of allylic oxidation sites excluding steroid dienone is 1. The standard InChI is InChI=1S/C9H17NO.ClH/c1-2-8-11-9-10-6-4-3-5-7-10;/h2,8H,3-7,9H2,1H3;1H/b8-2-;. The maximum atomic E-state index is 5.27. The second-order valence-electron chi connectivity index (χ2n) is 2.94. The number of piperidine rings is 1. The second-order valence-corrected chi connectivity index (χ2v) is 2.94. The van der Waals surface area contributed by atoms with E-state index in [4.69, 9.17) is 4.74 Å². The van der Waals surface area contributed by atoms with E-state index in [1.807, 2.05) is 13.0 Å². The van der Waals surface area contributed by atoms with Gasteiger partial charge in [0.05, 0.1) is 6.26 Å². The topological polar surface area (TPSA) is 12.5 Å². The average Bonchev–Trinajstić information content (AvgIpc) is 2.07. The Balaban J connectivity index is 0.00000121. The van der Waals surface area contributed by atoms with Gasteiger partial charge in [0.1, 0.15) is 6.73 Å². The van der Waals surface area contributed by atoms with Gasteiger partial charge >= 0.3 is 0 Å². The molecule has 12 heavy (non-hydrogen) atoms. The number of hydrogen-bond acceptors (Lipinski definition) is 2. The summed E-state index contributed by atoms with van der Waals surface area (Å²) in [5.41, 5.74) is 0. The Labute approximate surface area is 81.0 Å². The predicted octanol–water partition coefficient (Wildman–Crippen LogP) is 2.40. The molecule has 0 bridgehead atoms. The number of rotatable bonds is 3. The zero-order chi connectivity index (χ0) is 7.94. The van der Waals surface area contributed by atoms with Crippen molar-refractivity contribution in [1.29, 1.82) is 0 Å². The SMILES string of the molecule is C/C=C\OCN1CCCCC1.Cl. The highest BCUT2D eigenvalue weighted by Crippen LogP contribution is 2.07. The Morgan fingerprint density at radius 1 is 1.25 bits per heavy atom. The van der Waals surface area contributed by atoms with Crippen LogP contribution in [-0.4, -0.2) is 24.7 Å². The van der Waals surface area contributed by atoms with E-state index in [-0.39, 0.29) is 12.4 Å². The van der Waals surface area contributed by atoms with Crippen molar-refractivity contribution in [3.8, 4) is 0 Å². The minimum Gasteiger partial charge on any atom is -0.486 e. The lowest BCUT2D eigenvalue weighted by Gasteiger charge is -2.25. The van der Waals surface area contributed by atoms with Crippen LogP contribution in [0.25, 0.3) is 0 Å². The van der Waals surface area contributed by atoms with E-state index in [1.54, 1.807) is 6.26 Å². The first-order chi connectivity index (χ1) is 5.43. The summed E-state index contributed by atoms with van der Waals surface area (Å²) in [6.45, 7) is 5.15. The maximum absolute atomic E-state index is 5.27. The molecule has 0 radical (unpaired) electrons. The van der Waals surface area contributed by atoms with Crippen molar-refractivity contribution in [2.24, 2.45) is 0 Å². The van der Waals surface area contributed by atoms with E-state index in [0.717, 1.165) is 6.73 Å². The zero-order valence-corrected chi connectivity index (χ0v) is 8.48. The summed E-state index contributed by atoms with van der Waals surface area (Å²) in [4.78, 5) is 2.35. The quantitative estimate of drug-likeness (QED) is 0.636. The van der Waals surface area contributed by atoms with E-state index in [1.165, 1.54) is 32.4 Å². The molecule has 2 nitrogen and oxygen atoms in total. The Hall–Kier alpha value is -0.210. The molecule has 1 saturated heterocycles. The lowest BCUT2D eigenvalue weighted by atomic mass is 10.1. The lowest BCUT2D eigenvalue weighted by molar-refractivity contribution is 0.0749. The first kappa shape index (κ1) is 11.8. The molecule has 0 spiro atoms. The molecular formula is C9H18ClNO. The number of hydrogen-bond donors (Lipinski definition) is 0. The number of ether oxygens (including phenoxy) is 1. The number of nitrogens with zero attached hydrogens (tertiary/aromatic N) is 1. The Kier molecular flexibility index (Phi) is 7.31. The van der Waals surface area contributed by atoms with Crippen molar-refractivity contribution < 1.29 is 4.74 Å². The zero-order valence-electron chi connectivity index (χ0n) is 7.66. The van der Waals surface area contributed by atoms with E-state index in [0.29, 0.717) is 0 Å². The van der Waals surface area contributed by atoms with E-state index < -0.39 is 0 Å². The summed E-state index contributed by atoms with van der Waals surface area (Å²) in [7, 11) is 0. The third kappa shape index (κ3) is 4.62. The molecule has 1 aliphatic heterocycles. The Bertz CT molecular complexity index is 122. The van der Waals surface area contributed by atoms with Crippen LogP contribution in [0.5, 0.6) is 0 Å². The number of likely N-dealkylation sites (tertiary alicyclic amines) is 1. The molecule has 0 aromatic rings. The summed E-state index contributed by atoms with van der Waals surface area (Å²) < 4.78 is 5.27. The summed E-state index contributed by atoms with van der Waals surface area (Å²) in [6.07, 6.45) is 7.73. The van der Waals surface area contributed by atoms with Crippen molar-refractivity contribution in [2.75, 3.05) is 19.8 Å². The normalized spacial score (nSPS) is 19.1. The molecule has 1 aliphatic rings. The molecule has 0 atom stereocenters. The highest BCUT2D eigenvalue weighted by Gasteiger charge is 2.08. The van der Waals surface area contributed by atoms with Crippen LogP contribution in [0.3, 0.4) is 0 Å². The van der Waals surface area contributed by atoms with Gasteiger partial charge in [-0.15, -0.1) is 12.4 Å². The fourth-order valence-corrected chi connectivity index (χ4v) is 1.33. The third-order valence-corrected chi connectivity index (χ3v) is 1.94. The summed E-state index contributed by atoms with van der Waals surface area (Å²) in [5, 5.41) is 0. The predicted molar refractivity (Wildman–Crippen MR) is 53.4 cm³/mol. The summed E-state index contributed by atoms with van der Waals surface area (Å²) in [6, 6.07) is 0. The van der Waals surface area contributed by atoms with Crippen molar-refractivity contribution in [3.63, 3.8) is 0 Å². The molecule has 0 aromatic heterocycles. The fourth-order valence-electron chi connectivity index (χ4n) is 1.33. The van der Waals surface area contributed by atoms with Gasteiger partial charge in [-0.1, -0.05) is 12.5 Å². The van der Waals surface area contributed by atoms with Gasteiger partial charge in [0.25, 0.3) is 0 Å². The maximum Gasteiger partial charge on any atom is 0.141 e. The summed E-state index contributed by atoms with van der Waals surface area (Å²) >= 11 is 0. The second kappa shape index (κ2) is 7.44. The first-order valence-electron chi connectivity index (χ1n) is 4.38. The fraction of sp³-hybridized carbons (Fsp3) is 0.778. The first-order valence-corrected chi connectivity index (χ1v) is 4.38. The van der Waals surface area contributed by atoms with Gasteiger partial charge in [-0.3, -0.25) is 4.90 Å². The van der Waals surface area contributed by atoms with Crippen LogP contribution < -0.4 is 0 Å². The van der Waals surface area contributed by atoms with Crippen molar-refractivity contribution in [3.05, 3.63) is 12.3 Å². The molecule has 1 heterocycles. The van der Waals surface area contributed by atoms with Crippen LogP contribution in [0.4, 0.5) is 0 Å². The molecule has 72 valence electrons. The van der Waals surface area contributed by atoms with Crippen LogP contribution in [0.15, 0.2) is 12.3 Å². The van der Waals surface area contributed by atoms with Gasteiger partial charge in [-0.25, -0.2) is 0 Å². The van der Waals surface area contributed by atoms with Gasteiger partial charge in [-0.2, -0.15) is 0 Å². The number of halogens is 1. The highest BCUT2D eigenvalue weighted by molar-refractivity contribution is 5.85. The molecule has 0 aromatic carbocycles. The highest BCUT2D eigenvalue weighted by atomic mass is 35.5. The Morgan fingerprint density at radius 3 is 2.50 bits per heavy atom. The van der Waals surface area contributed by atoms with Gasteiger partial charge < -0.3 is 4.74 Å². The molecule has 0 unspecified atom stereocenters. The largest absolute Gasteiger partial charge is 0.486 e. The molecule has 0 N–H and O–H groups in total. The molecule has 0 amide bonds. The molecule has 1 rings (SSSR count). The van der Waals surface area contributed by atoms with Gasteiger partial charge in [0, 0.05) is 13.1 Å².